The number of furan rings is 1. The standard InChI is InChI=1S/C15H18BrClN2O/c1-10-3-5-12(20-10)9-19(2)15(8-18)13-6-4-11(16)7-14(13)17/h3-7,15H,8-9,18H2,1-2H3. The lowest BCUT2D eigenvalue weighted by Crippen LogP contribution is -2.30. The van der Waals surface area contributed by atoms with E-state index >= 15 is 0 Å². The molecule has 0 spiro atoms. The normalized spacial score (nSPS) is 12.9. The number of benzene rings is 1. The minimum absolute atomic E-state index is 0.0565. The molecule has 0 aliphatic rings. The second kappa shape index (κ2) is 6.76. The third kappa shape index (κ3) is 3.64. The van der Waals surface area contributed by atoms with Crippen LogP contribution in [0.15, 0.2) is 39.2 Å². The summed E-state index contributed by atoms with van der Waals surface area (Å²) < 4.78 is 6.58. The van der Waals surface area contributed by atoms with Gasteiger partial charge in [0, 0.05) is 22.1 Å². The Hall–Kier alpha value is -0.810. The van der Waals surface area contributed by atoms with Crippen molar-refractivity contribution in [2.75, 3.05) is 13.6 Å². The van der Waals surface area contributed by atoms with Gasteiger partial charge in [-0.15, -0.1) is 0 Å². The highest BCUT2D eigenvalue weighted by Crippen LogP contribution is 2.29. The number of hydrogen-bond donors (Lipinski definition) is 1. The minimum atomic E-state index is 0.0565. The molecule has 0 amide bonds. The van der Waals surface area contributed by atoms with Crippen LogP contribution in [-0.2, 0) is 6.54 Å². The second-order valence-corrected chi connectivity index (χ2v) is 6.17. The lowest BCUT2D eigenvalue weighted by molar-refractivity contribution is 0.221. The highest BCUT2D eigenvalue weighted by atomic mass is 79.9. The molecule has 0 fully saturated rings. The molecule has 0 aliphatic heterocycles. The average Bonchev–Trinajstić information content (AvgIpc) is 2.78. The zero-order valence-corrected chi connectivity index (χ0v) is 13.9. The Morgan fingerprint density at radius 3 is 2.65 bits per heavy atom. The molecule has 2 N–H and O–H groups in total. The van der Waals surface area contributed by atoms with Crippen LogP contribution in [0.4, 0.5) is 0 Å². The van der Waals surface area contributed by atoms with Gasteiger partial charge >= 0.3 is 0 Å². The van der Waals surface area contributed by atoms with Gasteiger partial charge in [-0.1, -0.05) is 33.6 Å². The third-order valence-electron chi connectivity index (χ3n) is 3.28. The van der Waals surface area contributed by atoms with Crippen molar-refractivity contribution in [1.82, 2.24) is 4.90 Å². The molecule has 2 rings (SSSR count). The lowest BCUT2D eigenvalue weighted by atomic mass is 10.1. The molecule has 1 unspecified atom stereocenters. The third-order valence-corrected chi connectivity index (χ3v) is 4.10. The molecule has 0 bridgehead atoms. The summed E-state index contributed by atoms with van der Waals surface area (Å²) in [5.41, 5.74) is 6.96. The Morgan fingerprint density at radius 2 is 2.10 bits per heavy atom. The number of halogens is 2. The zero-order valence-electron chi connectivity index (χ0n) is 11.6. The highest BCUT2D eigenvalue weighted by molar-refractivity contribution is 9.10. The van der Waals surface area contributed by atoms with E-state index in [1.54, 1.807) is 0 Å². The summed E-state index contributed by atoms with van der Waals surface area (Å²) in [6.07, 6.45) is 0. The topological polar surface area (TPSA) is 42.4 Å². The monoisotopic (exact) mass is 356 g/mol. The van der Waals surface area contributed by atoms with Gasteiger partial charge in [-0.2, -0.15) is 0 Å². The molecule has 0 aliphatic carbocycles. The maximum Gasteiger partial charge on any atom is 0.118 e. The molecular weight excluding hydrogens is 340 g/mol. The molecule has 20 heavy (non-hydrogen) atoms. The van der Waals surface area contributed by atoms with Crippen molar-refractivity contribution in [2.24, 2.45) is 5.73 Å². The van der Waals surface area contributed by atoms with E-state index in [9.17, 15) is 0 Å². The number of likely N-dealkylation sites (N-methyl/N-ethyl adjacent to an activating group) is 1. The van der Waals surface area contributed by atoms with Crippen molar-refractivity contribution in [1.29, 1.82) is 0 Å². The van der Waals surface area contributed by atoms with Crippen molar-refractivity contribution in [3.05, 3.63) is 56.9 Å². The first-order valence-corrected chi connectivity index (χ1v) is 7.59. The molecule has 0 saturated heterocycles. The van der Waals surface area contributed by atoms with Gasteiger partial charge in [-0.25, -0.2) is 0 Å². The average molecular weight is 358 g/mol. The van der Waals surface area contributed by atoms with E-state index in [1.807, 2.05) is 44.3 Å². The Kier molecular flexibility index (Phi) is 5.27. The summed E-state index contributed by atoms with van der Waals surface area (Å²) in [6, 6.07) is 9.89. The maximum absolute atomic E-state index is 6.32. The van der Waals surface area contributed by atoms with Gasteiger partial charge < -0.3 is 10.2 Å². The molecule has 1 atom stereocenters. The van der Waals surface area contributed by atoms with Gasteiger partial charge in [0.25, 0.3) is 0 Å². The molecule has 0 saturated carbocycles. The number of nitrogens with two attached hydrogens (primary N) is 1. The van der Waals surface area contributed by atoms with Crippen LogP contribution in [0.5, 0.6) is 0 Å². The van der Waals surface area contributed by atoms with Crippen LogP contribution in [-0.4, -0.2) is 18.5 Å². The molecule has 1 aromatic heterocycles. The van der Waals surface area contributed by atoms with E-state index in [1.165, 1.54) is 0 Å². The van der Waals surface area contributed by atoms with Crippen LogP contribution in [0, 0.1) is 6.92 Å². The van der Waals surface area contributed by atoms with Gasteiger partial charge in [0.2, 0.25) is 0 Å². The van der Waals surface area contributed by atoms with Crippen LogP contribution in [0.25, 0.3) is 0 Å². The fourth-order valence-electron chi connectivity index (χ4n) is 2.24. The van der Waals surface area contributed by atoms with Crippen molar-refractivity contribution >= 4 is 27.5 Å². The van der Waals surface area contributed by atoms with Gasteiger partial charge in [0.1, 0.15) is 11.5 Å². The molecule has 0 radical (unpaired) electrons. The number of nitrogens with zero attached hydrogens (tertiary/aromatic N) is 1. The van der Waals surface area contributed by atoms with Gasteiger partial charge in [-0.05, 0) is 43.8 Å². The maximum atomic E-state index is 6.32. The number of aryl methyl sites for hydroxylation is 1. The van der Waals surface area contributed by atoms with E-state index in [0.29, 0.717) is 13.1 Å². The van der Waals surface area contributed by atoms with Gasteiger partial charge in [0.15, 0.2) is 0 Å². The zero-order chi connectivity index (χ0) is 14.7. The number of rotatable bonds is 5. The predicted octanol–water partition coefficient (Wildman–Crippen LogP) is 4.14. The Bertz CT molecular complexity index is 585. The first-order valence-electron chi connectivity index (χ1n) is 6.42. The molecule has 2 aromatic rings. The summed E-state index contributed by atoms with van der Waals surface area (Å²) in [5, 5.41) is 0.720. The van der Waals surface area contributed by atoms with E-state index in [0.717, 1.165) is 26.6 Å². The van der Waals surface area contributed by atoms with Crippen LogP contribution < -0.4 is 5.73 Å². The van der Waals surface area contributed by atoms with Gasteiger partial charge in [0.05, 0.1) is 6.54 Å². The molecule has 108 valence electrons. The first-order chi connectivity index (χ1) is 9.51. The smallest absolute Gasteiger partial charge is 0.118 e. The Labute approximate surface area is 132 Å². The molecule has 3 nitrogen and oxygen atoms in total. The van der Waals surface area contributed by atoms with Crippen molar-refractivity contribution in [2.45, 2.75) is 19.5 Å². The quantitative estimate of drug-likeness (QED) is 0.874. The van der Waals surface area contributed by atoms with Crippen LogP contribution in [0.1, 0.15) is 23.1 Å². The summed E-state index contributed by atoms with van der Waals surface area (Å²) in [6.45, 7) is 3.13. The molecule has 1 heterocycles. The van der Waals surface area contributed by atoms with E-state index in [2.05, 4.69) is 20.8 Å². The van der Waals surface area contributed by atoms with Crippen LogP contribution in [0.2, 0.25) is 5.02 Å². The lowest BCUT2D eigenvalue weighted by Gasteiger charge is -2.27. The highest BCUT2D eigenvalue weighted by Gasteiger charge is 2.19. The van der Waals surface area contributed by atoms with Crippen LogP contribution >= 0.6 is 27.5 Å². The SMILES string of the molecule is Cc1ccc(CN(C)C(CN)c2ccc(Br)cc2Cl)o1. The molecule has 5 heteroatoms. The van der Waals surface area contributed by atoms with Crippen molar-refractivity contribution in [3.8, 4) is 0 Å². The van der Waals surface area contributed by atoms with Crippen molar-refractivity contribution in [3.63, 3.8) is 0 Å². The Balaban J connectivity index is 2.18. The van der Waals surface area contributed by atoms with E-state index in [-0.39, 0.29) is 6.04 Å². The van der Waals surface area contributed by atoms with Gasteiger partial charge in [-0.3, -0.25) is 4.90 Å². The van der Waals surface area contributed by atoms with Crippen molar-refractivity contribution < 1.29 is 4.42 Å². The summed E-state index contributed by atoms with van der Waals surface area (Å²) in [4.78, 5) is 2.15. The first kappa shape index (κ1) is 15.6. The summed E-state index contributed by atoms with van der Waals surface area (Å²) >= 11 is 9.74. The van der Waals surface area contributed by atoms with E-state index < -0.39 is 0 Å². The fraction of sp³-hybridized carbons (Fsp3) is 0.333. The summed E-state index contributed by atoms with van der Waals surface area (Å²) in [5.74, 6) is 1.84. The fourth-order valence-corrected chi connectivity index (χ4v) is 3.04. The molecule has 1 aromatic carbocycles. The largest absolute Gasteiger partial charge is 0.465 e. The summed E-state index contributed by atoms with van der Waals surface area (Å²) in [7, 11) is 2.02. The van der Waals surface area contributed by atoms with E-state index in [4.69, 9.17) is 21.8 Å². The number of hydrogen-bond acceptors (Lipinski definition) is 3. The second-order valence-electron chi connectivity index (χ2n) is 4.84. The molecular formula is C15H18BrClN2O. The minimum Gasteiger partial charge on any atom is -0.465 e. The van der Waals surface area contributed by atoms with Crippen LogP contribution in [0.3, 0.4) is 0 Å². The predicted molar refractivity (Wildman–Crippen MR) is 85.9 cm³/mol. The Morgan fingerprint density at radius 1 is 1.35 bits per heavy atom.